The number of benzene rings is 1. The molecule has 118 valence electrons. The molecule has 1 atom stereocenters. The Bertz CT molecular complexity index is 438. The zero-order valence-electron chi connectivity index (χ0n) is 14.5. The van der Waals surface area contributed by atoms with E-state index in [-0.39, 0.29) is 0 Å². The van der Waals surface area contributed by atoms with E-state index in [0.29, 0.717) is 11.6 Å². The van der Waals surface area contributed by atoms with Crippen molar-refractivity contribution in [3.05, 3.63) is 34.9 Å². The maximum absolute atomic E-state index is 3.66. The topological polar surface area (TPSA) is 15.3 Å². The molecule has 1 fully saturated rings. The maximum atomic E-state index is 3.66. The van der Waals surface area contributed by atoms with Crippen molar-refractivity contribution in [2.75, 3.05) is 21.1 Å². The fraction of sp³-hybridized carbons (Fsp3) is 0.684. The fourth-order valence-corrected chi connectivity index (χ4v) is 4.21. The van der Waals surface area contributed by atoms with Crippen molar-refractivity contribution in [3.8, 4) is 0 Å². The van der Waals surface area contributed by atoms with E-state index in [2.05, 4.69) is 63.4 Å². The molecule has 1 saturated carbocycles. The van der Waals surface area contributed by atoms with Gasteiger partial charge in [0.15, 0.2) is 0 Å². The second-order valence-electron chi connectivity index (χ2n) is 6.97. The molecule has 2 heteroatoms. The van der Waals surface area contributed by atoms with Crippen molar-refractivity contribution < 1.29 is 0 Å². The van der Waals surface area contributed by atoms with Gasteiger partial charge in [-0.15, -0.1) is 0 Å². The highest BCUT2D eigenvalue weighted by Crippen LogP contribution is 2.36. The minimum absolute atomic E-state index is 0.307. The number of hydrogen-bond donors (Lipinski definition) is 1. The first kappa shape index (κ1) is 16.5. The molecule has 0 radical (unpaired) electrons. The van der Waals surface area contributed by atoms with Crippen LogP contribution in [-0.2, 0) is 6.42 Å². The Labute approximate surface area is 130 Å². The van der Waals surface area contributed by atoms with E-state index in [1.165, 1.54) is 48.8 Å². The molecule has 0 aliphatic heterocycles. The zero-order chi connectivity index (χ0) is 15.5. The second-order valence-corrected chi connectivity index (χ2v) is 6.97. The average molecular weight is 288 g/mol. The fourth-order valence-electron chi connectivity index (χ4n) is 4.21. The number of likely N-dealkylation sites (N-methyl/N-ethyl adjacent to an activating group) is 2. The predicted octanol–water partition coefficient (Wildman–Crippen LogP) is 3.70. The molecule has 1 N–H and O–H groups in total. The van der Waals surface area contributed by atoms with Gasteiger partial charge in [-0.05, 0) is 70.9 Å². The Morgan fingerprint density at radius 3 is 2.14 bits per heavy atom. The van der Waals surface area contributed by atoms with Crippen molar-refractivity contribution >= 4 is 0 Å². The summed E-state index contributed by atoms with van der Waals surface area (Å²) in [6.45, 7) is 4.50. The SMILES string of the molecule is CNC(Cc1c(C)cccc1C)C1(N(C)C)CCCCC1. The third-order valence-corrected chi connectivity index (χ3v) is 5.66. The predicted molar refractivity (Wildman–Crippen MR) is 92.0 cm³/mol. The van der Waals surface area contributed by atoms with Crippen LogP contribution < -0.4 is 5.32 Å². The minimum atomic E-state index is 0.307. The summed E-state index contributed by atoms with van der Waals surface area (Å²) in [5.41, 5.74) is 4.70. The van der Waals surface area contributed by atoms with E-state index in [9.17, 15) is 0 Å². The van der Waals surface area contributed by atoms with Gasteiger partial charge < -0.3 is 10.2 Å². The first-order valence-electron chi connectivity index (χ1n) is 8.41. The van der Waals surface area contributed by atoms with Crippen LogP contribution in [0.25, 0.3) is 0 Å². The Hall–Kier alpha value is -0.860. The highest BCUT2D eigenvalue weighted by atomic mass is 15.2. The Kier molecular flexibility index (Phi) is 5.45. The zero-order valence-corrected chi connectivity index (χ0v) is 14.5. The molecule has 0 heterocycles. The number of nitrogens with zero attached hydrogens (tertiary/aromatic N) is 1. The van der Waals surface area contributed by atoms with Crippen molar-refractivity contribution in [2.45, 2.75) is 64.0 Å². The summed E-state index contributed by atoms with van der Waals surface area (Å²) in [7, 11) is 6.67. The smallest absolute Gasteiger partial charge is 0.0359 e. The first-order valence-corrected chi connectivity index (χ1v) is 8.41. The van der Waals surface area contributed by atoms with Gasteiger partial charge >= 0.3 is 0 Å². The molecular weight excluding hydrogens is 256 g/mol. The number of aryl methyl sites for hydroxylation is 2. The average Bonchev–Trinajstić information content (AvgIpc) is 2.47. The van der Waals surface area contributed by atoms with E-state index in [0.717, 1.165) is 6.42 Å². The molecule has 1 aromatic carbocycles. The van der Waals surface area contributed by atoms with Crippen LogP contribution in [0, 0.1) is 13.8 Å². The lowest BCUT2D eigenvalue weighted by molar-refractivity contribution is 0.0597. The lowest BCUT2D eigenvalue weighted by Gasteiger charge is -2.49. The Morgan fingerprint density at radius 1 is 1.10 bits per heavy atom. The van der Waals surface area contributed by atoms with Gasteiger partial charge in [0.05, 0.1) is 0 Å². The number of rotatable bonds is 5. The van der Waals surface area contributed by atoms with E-state index in [1.807, 2.05) is 0 Å². The van der Waals surface area contributed by atoms with Gasteiger partial charge in [-0.25, -0.2) is 0 Å². The van der Waals surface area contributed by atoms with Gasteiger partial charge in [-0.1, -0.05) is 37.5 Å². The summed E-state index contributed by atoms with van der Waals surface area (Å²) in [5, 5.41) is 3.66. The third kappa shape index (κ3) is 3.32. The number of nitrogens with one attached hydrogen (secondary N) is 1. The quantitative estimate of drug-likeness (QED) is 0.889. The monoisotopic (exact) mass is 288 g/mol. The minimum Gasteiger partial charge on any atom is -0.315 e. The summed E-state index contributed by atoms with van der Waals surface area (Å²) >= 11 is 0. The normalized spacial score (nSPS) is 19.7. The van der Waals surface area contributed by atoms with Crippen LogP contribution in [0.15, 0.2) is 18.2 Å². The standard InChI is InChI=1S/C19H32N2/c1-15-10-9-11-16(2)17(15)14-18(20-3)19(21(4)5)12-7-6-8-13-19/h9-11,18,20H,6-8,12-14H2,1-5H3. The summed E-state index contributed by atoms with van der Waals surface area (Å²) in [6.07, 6.45) is 7.89. The van der Waals surface area contributed by atoms with Crippen LogP contribution in [0.2, 0.25) is 0 Å². The van der Waals surface area contributed by atoms with Crippen LogP contribution in [0.5, 0.6) is 0 Å². The van der Waals surface area contributed by atoms with Crippen LogP contribution in [0.3, 0.4) is 0 Å². The van der Waals surface area contributed by atoms with Gasteiger partial charge in [0, 0.05) is 11.6 Å². The molecule has 1 aliphatic rings. The molecule has 21 heavy (non-hydrogen) atoms. The molecule has 0 saturated heterocycles. The molecule has 1 aliphatic carbocycles. The van der Waals surface area contributed by atoms with Crippen LogP contribution in [-0.4, -0.2) is 37.6 Å². The summed E-state index contributed by atoms with van der Waals surface area (Å²) in [6, 6.07) is 7.19. The van der Waals surface area contributed by atoms with Crippen LogP contribution in [0.4, 0.5) is 0 Å². The van der Waals surface area contributed by atoms with Gasteiger partial charge in [-0.3, -0.25) is 0 Å². The van der Waals surface area contributed by atoms with Gasteiger partial charge in [0.25, 0.3) is 0 Å². The Balaban J connectivity index is 2.29. The molecule has 1 unspecified atom stereocenters. The molecule has 0 bridgehead atoms. The summed E-state index contributed by atoms with van der Waals surface area (Å²) < 4.78 is 0. The molecule has 0 aromatic heterocycles. The summed E-state index contributed by atoms with van der Waals surface area (Å²) in [5.74, 6) is 0. The van der Waals surface area contributed by atoms with E-state index in [4.69, 9.17) is 0 Å². The van der Waals surface area contributed by atoms with Crippen molar-refractivity contribution in [2.24, 2.45) is 0 Å². The Morgan fingerprint density at radius 2 is 1.67 bits per heavy atom. The highest BCUT2D eigenvalue weighted by molar-refractivity contribution is 5.34. The van der Waals surface area contributed by atoms with E-state index in [1.54, 1.807) is 0 Å². The maximum Gasteiger partial charge on any atom is 0.0359 e. The highest BCUT2D eigenvalue weighted by Gasteiger charge is 2.41. The first-order chi connectivity index (χ1) is 10.0. The van der Waals surface area contributed by atoms with Crippen molar-refractivity contribution in [1.82, 2.24) is 10.2 Å². The van der Waals surface area contributed by atoms with Gasteiger partial charge in [-0.2, -0.15) is 0 Å². The van der Waals surface area contributed by atoms with E-state index < -0.39 is 0 Å². The van der Waals surface area contributed by atoms with Crippen LogP contribution in [0.1, 0.15) is 48.8 Å². The third-order valence-electron chi connectivity index (χ3n) is 5.66. The van der Waals surface area contributed by atoms with Crippen molar-refractivity contribution in [3.63, 3.8) is 0 Å². The van der Waals surface area contributed by atoms with Crippen LogP contribution >= 0.6 is 0 Å². The lowest BCUT2D eigenvalue weighted by Crippen LogP contribution is -2.60. The number of hydrogen-bond acceptors (Lipinski definition) is 2. The molecular formula is C19H32N2. The molecule has 2 rings (SSSR count). The molecule has 0 amide bonds. The molecule has 0 spiro atoms. The van der Waals surface area contributed by atoms with Gasteiger partial charge in [0.2, 0.25) is 0 Å². The van der Waals surface area contributed by atoms with E-state index >= 15 is 0 Å². The van der Waals surface area contributed by atoms with Gasteiger partial charge in [0.1, 0.15) is 0 Å². The lowest BCUT2D eigenvalue weighted by atomic mass is 9.73. The molecule has 1 aromatic rings. The second kappa shape index (κ2) is 6.93. The summed E-state index contributed by atoms with van der Waals surface area (Å²) in [4.78, 5) is 2.49. The van der Waals surface area contributed by atoms with Crippen molar-refractivity contribution in [1.29, 1.82) is 0 Å². The molecule has 2 nitrogen and oxygen atoms in total. The largest absolute Gasteiger partial charge is 0.315 e.